The number of urea groups is 1. The minimum Gasteiger partial charge on any atom is -0.467 e. The summed E-state index contributed by atoms with van der Waals surface area (Å²) in [6.45, 7) is 0.443. The van der Waals surface area contributed by atoms with Gasteiger partial charge in [-0.2, -0.15) is 0 Å². The second kappa shape index (κ2) is 6.98. The van der Waals surface area contributed by atoms with Gasteiger partial charge in [0, 0.05) is 11.6 Å². The number of carbonyl (C=O) groups excluding carboxylic acids is 1. The number of rotatable bonds is 5. The first kappa shape index (κ1) is 14.4. The van der Waals surface area contributed by atoms with Gasteiger partial charge in [-0.15, -0.1) is 0 Å². The van der Waals surface area contributed by atoms with Crippen molar-refractivity contribution in [2.75, 3.05) is 6.54 Å². The maximum Gasteiger partial charge on any atom is 0.315 e. The Hall–Kier alpha value is -1.98. The van der Waals surface area contributed by atoms with E-state index in [2.05, 4.69) is 10.6 Å². The lowest BCUT2D eigenvalue weighted by Crippen LogP contribution is -2.37. The molecular weight excluding hydrogens is 280 g/mol. The summed E-state index contributed by atoms with van der Waals surface area (Å²) >= 11 is 5.85. The third kappa shape index (κ3) is 4.29. The molecule has 3 N–H and O–H groups in total. The highest BCUT2D eigenvalue weighted by Gasteiger charge is 2.11. The monoisotopic (exact) mass is 294 g/mol. The Labute approximate surface area is 121 Å². The molecule has 20 heavy (non-hydrogen) atoms. The van der Waals surface area contributed by atoms with Gasteiger partial charge < -0.3 is 20.2 Å². The molecule has 0 saturated carbocycles. The zero-order valence-electron chi connectivity index (χ0n) is 10.7. The quantitative estimate of drug-likeness (QED) is 0.793. The molecule has 6 heteroatoms. The first-order chi connectivity index (χ1) is 9.65. The van der Waals surface area contributed by atoms with E-state index in [9.17, 15) is 9.90 Å². The van der Waals surface area contributed by atoms with Gasteiger partial charge in [-0.1, -0.05) is 23.7 Å². The molecule has 106 valence electrons. The highest BCUT2D eigenvalue weighted by molar-refractivity contribution is 6.30. The van der Waals surface area contributed by atoms with E-state index < -0.39 is 6.10 Å². The molecule has 2 rings (SSSR count). The average Bonchev–Trinajstić information content (AvgIpc) is 2.97. The molecule has 2 amide bonds. The van der Waals surface area contributed by atoms with Gasteiger partial charge in [0.1, 0.15) is 11.9 Å². The number of hydrogen-bond acceptors (Lipinski definition) is 3. The number of furan rings is 1. The number of nitrogens with one attached hydrogen (secondary N) is 2. The smallest absolute Gasteiger partial charge is 0.315 e. The van der Waals surface area contributed by atoms with E-state index in [1.165, 1.54) is 6.26 Å². The second-order valence-corrected chi connectivity index (χ2v) is 4.66. The van der Waals surface area contributed by atoms with Crippen molar-refractivity contribution >= 4 is 17.6 Å². The van der Waals surface area contributed by atoms with E-state index in [0.717, 1.165) is 5.56 Å². The Balaban J connectivity index is 1.73. The van der Waals surface area contributed by atoms with Crippen molar-refractivity contribution in [1.82, 2.24) is 10.6 Å². The molecule has 0 aliphatic heterocycles. The summed E-state index contributed by atoms with van der Waals surface area (Å²) in [5.74, 6) is 0.417. The molecule has 0 fully saturated rings. The van der Waals surface area contributed by atoms with E-state index in [1.807, 2.05) is 12.1 Å². The maximum absolute atomic E-state index is 11.6. The Morgan fingerprint density at radius 3 is 2.85 bits per heavy atom. The Kier molecular flexibility index (Phi) is 5.03. The number of benzene rings is 1. The lowest BCUT2D eigenvalue weighted by molar-refractivity contribution is 0.148. The molecule has 1 aromatic heterocycles. The lowest BCUT2D eigenvalue weighted by Gasteiger charge is -2.11. The average molecular weight is 295 g/mol. The zero-order chi connectivity index (χ0) is 14.4. The lowest BCUT2D eigenvalue weighted by atomic mass is 10.2. The molecule has 0 spiro atoms. The normalized spacial score (nSPS) is 11.9. The topological polar surface area (TPSA) is 74.5 Å². The third-order valence-corrected chi connectivity index (χ3v) is 2.90. The van der Waals surface area contributed by atoms with Gasteiger partial charge in [0.25, 0.3) is 0 Å². The van der Waals surface area contributed by atoms with Crippen LogP contribution in [-0.4, -0.2) is 17.7 Å². The predicted molar refractivity (Wildman–Crippen MR) is 75.4 cm³/mol. The van der Waals surface area contributed by atoms with Crippen molar-refractivity contribution in [3.05, 3.63) is 59.0 Å². The summed E-state index contributed by atoms with van der Waals surface area (Å²) < 4.78 is 5.03. The SMILES string of the molecule is O=C(NCc1cccc(Cl)c1)NCC(O)c1ccco1. The third-order valence-electron chi connectivity index (χ3n) is 2.67. The van der Waals surface area contributed by atoms with Gasteiger partial charge in [-0.25, -0.2) is 4.79 Å². The van der Waals surface area contributed by atoms with Crippen molar-refractivity contribution in [3.63, 3.8) is 0 Å². The van der Waals surface area contributed by atoms with Gasteiger partial charge in [-0.3, -0.25) is 0 Å². The number of halogens is 1. The zero-order valence-corrected chi connectivity index (χ0v) is 11.4. The minimum absolute atomic E-state index is 0.0783. The summed E-state index contributed by atoms with van der Waals surface area (Å²) in [5.41, 5.74) is 0.902. The van der Waals surface area contributed by atoms with Crippen molar-refractivity contribution < 1.29 is 14.3 Å². The molecule has 0 bridgehead atoms. The number of aliphatic hydroxyl groups is 1. The maximum atomic E-state index is 11.6. The van der Waals surface area contributed by atoms with E-state index in [-0.39, 0.29) is 12.6 Å². The van der Waals surface area contributed by atoms with Crippen molar-refractivity contribution in [2.24, 2.45) is 0 Å². The Morgan fingerprint density at radius 2 is 2.15 bits per heavy atom. The Morgan fingerprint density at radius 1 is 1.30 bits per heavy atom. The molecule has 1 atom stereocenters. The summed E-state index contributed by atoms with van der Waals surface area (Å²) in [6, 6.07) is 10.2. The molecule has 1 unspecified atom stereocenters. The molecule has 1 heterocycles. The van der Waals surface area contributed by atoms with Gasteiger partial charge in [0.05, 0.1) is 12.8 Å². The standard InChI is InChI=1S/C14H15ClN2O3/c15-11-4-1-3-10(7-11)8-16-14(19)17-9-12(18)13-5-2-6-20-13/h1-7,12,18H,8-9H2,(H2,16,17,19). The molecule has 0 aliphatic rings. The molecule has 5 nitrogen and oxygen atoms in total. The Bertz CT molecular complexity index is 557. The highest BCUT2D eigenvalue weighted by atomic mass is 35.5. The summed E-state index contributed by atoms with van der Waals surface area (Å²) in [4.78, 5) is 11.6. The van der Waals surface area contributed by atoms with Crippen LogP contribution in [0.4, 0.5) is 4.79 Å². The van der Waals surface area contributed by atoms with Crippen LogP contribution in [0.1, 0.15) is 17.4 Å². The first-order valence-corrected chi connectivity index (χ1v) is 6.50. The molecular formula is C14H15ClN2O3. The van der Waals surface area contributed by atoms with Crippen LogP contribution >= 0.6 is 11.6 Å². The predicted octanol–water partition coefficient (Wildman–Crippen LogP) is 2.47. The first-order valence-electron chi connectivity index (χ1n) is 6.13. The van der Waals surface area contributed by atoms with Crippen LogP contribution in [-0.2, 0) is 6.54 Å². The number of amides is 2. The second-order valence-electron chi connectivity index (χ2n) is 4.22. The van der Waals surface area contributed by atoms with Crippen LogP contribution in [0.3, 0.4) is 0 Å². The highest BCUT2D eigenvalue weighted by Crippen LogP contribution is 2.12. The fourth-order valence-corrected chi connectivity index (χ4v) is 1.88. The summed E-state index contributed by atoms with van der Waals surface area (Å²) in [6.07, 6.45) is 0.611. The fourth-order valence-electron chi connectivity index (χ4n) is 1.66. The van der Waals surface area contributed by atoms with Crippen molar-refractivity contribution in [3.8, 4) is 0 Å². The van der Waals surface area contributed by atoms with Crippen molar-refractivity contribution in [1.29, 1.82) is 0 Å². The number of aliphatic hydroxyl groups excluding tert-OH is 1. The summed E-state index contributed by atoms with van der Waals surface area (Å²) in [5, 5.41) is 15.6. The minimum atomic E-state index is -0.859. The van der Waals surface area contributed by atoms with E-state index in [4.69, 9.17) is 16.0 Å². The van der Waals surface area contributed by atoms with Gasteiger partial charge in [-0.05, 0) is 29.8 Å². The van der Waals surface area contributed by atoms with Crippen LogP contribution in [0, 0.1) is 0 Å². The van der Waals surface area contributed by atoms with E-state index >= 15 is 0 Å². The molecule has 1 aromatic carbocycles. The number of carbonyl (C=O) groups is 1. The summed E-state index contributed by atoms with van der Waals surface area (Å²) in [7, 11) is 0. The molecule has 0 saturated heterocycles. The largest absolute Gasteiger partial charge is 0.467 e. The van der Waals surface area contributed by atoms with Crippen LogP contribution < -0.4 is 10.6 Å². The van der Waals surface area contributed by atoms with Gasteiger partial charge in [0.15, 0.2) is 0 Å². The van der Waals surface area contributed by atoms with Crippen LogP contribution in [0.5, 0.6) is 0 Å². The van der Waals surface area contributed by atoms with Crippen LogP contribution in [0.15, 0.2) is 47.1 Å². The number of hydrogen-bond donors (Lipinski definition) is 3. The van der Waals surface area contributed by atoms with Crippen molar-refractivity contribution in [2.45, 2.75) is 12.6 Å². The van der Waals surface area contributed by atoms with E-state index in [1.54, 1.807) is 24.3 Å². The van der Waals surface area contributed by atoms with Gasteiger partial charge >= 0.3 is 6.03 Å². The molecule has 2 aromatic rings. The fraction of sp³-hybridized carbons (Fsp3) is 0.214. The van der Waals surface area contributed by atoms with Crippen LogP contribution in [0.25, 0.3) is 0 Å². The van der Waals surface area contributed by atoms with Crippen LogP contribution in [0.2, 0.25) is 5.02 Å². The van der Waals surface area contributed by atoms with Gasteiger partial charge in [0.2, 0.25) is 0 Å². The van der Waals surface area contributed by atoms with E-state index in [0.29, 0.717) is 17.3 Å². The molecule has 0 radical (unpaired) electrons. The molecule has 0 aliphatic carbocycles.